The highest BCUT2D eigenvalue weighted by Gasteiger charge is 2.48. The van der Waals surface area contributed by atoms with Crippen LogP contribution in [0, 0.1) is 5.92 Å². The molecule has 2 aliphatic rings. The number of aryl methyl sites for hydroxylation is 1. The molecule has 4 unspecified atom stereocenters. The first kappa shape index (κ1) is 23.3. The highest BCUT2D eigenvalue weighted by atomic mass is 16.5. The molecule has 0 saturated carbocycles. The van der Waals surface area contributed by atoms with Gasteiger partial charge in [-0.15, -0.1) is 0 Å². The number of carboxylic acid groups (broad SMARTS) is 1. The van der Waals surface area contributed by atoms with Crippen LogP contribution in [0.2, 0.25) is 0 Å². The van der Waals surface area contributed by atoms with Crippen LogP contribution < -0.4 is 10.1 Å². The number of rotatable bonds is 8. The lowest BCUT2D eigenvalue weighted by Crippen LogP contribution is -2.41. The molecule has 6 nitrogen and oxygen atoms in total. The minimum absolute atomic E-state index is 0.0639. The molecule has 2 N–H and O–H groups in total. The second kappa shape index (κ2) is 9.96. The maximum absolute atomic E-state index is 12.8. The standard InChI is InChI=1S/C27H34N2O4/c1-4-17(2)28-24(30)16-29-15-23(22-10-6-8-18-7-5-9-21(18)22)25(27(31)32)26(29)19-11-13-20(33-3)14-12-19/h6,8,10-14,17,23,25-26H,4-5,7,9,15-16H2,1-3H3,(H,28,30)(H,31,32). The molecule has 1 saturated heterocycles. The molecule has 0 spiro atoms. The van der Waals surface area contributed by atoms with E-state index in [9.17, 15) is 14.7 Å². The van der Waals surface area contributed by atoms with Crippen molar-refractivity contribution in [2.75, 3.05) is 20.2 Å². The molecule has 1 aliphatic heterocycles. The largest absolute Gasteiger partial charge is 0.497 e. The molecule has 6 heteroatoms. The Balaban J connectivity index is 1.72. The summed E-state index contributed by atoms with van der Waals surface area (Å²) in [5.74, 6) is -0.963. The van der Waals surface area contributed by atoms with E-state index in [4.69, 9.17) is 4.74 Å². The van der Waals surface area contributed by atoms with Crippen LogP contribution in [-0.4, -0.2) is 48.1 Å². The maximum atomic E-state index is 12.8. The van der Waals surface area contributed by atoms with Crippen molar-refractivity contribution in [3.63, 3.8) is 0 Å². The normalized spacial score (nSPS) is 23.2. The van der Waals surface area contributed by atoms with Gasteiger partial charge in [0.05, 0.1) is 19.6 Å². The average Bonchev–Trinajstić information content (AvgIpc) is 3.43. The van der Waals surface area contributed by atoms with Crippen molar-refractivity contribution < 1.29 is 19.4 Å². The van der Waals surface area contributed by atoms with E-state index < -0.39 is 17.9 Å². The lowest BCUT2D eigenvalue weighted by Gasteiger charge is -2.27. The fourth-order valence-electron chi connectivity index (χ4n) is 5.51. The molecule has 2 aromatic carbocycles. The Hall–Kier alpha value is -2.86. The number of hydrogen-bond acceptors (Lipinski definition) is 4. The molecule has 0 aromatic heterocycles. The van der Waals surface area contributed by atoms with Crippen LogP contribution in [-0.2, 0) is 22.4 Å². The van der Waals surface area contributed by atoms with Gasteiger partial charge in [0, 0.05) is 24.5 Å². The van der Waals surface area contributed by atoms with Crippen molar-refractivity contribution in [1.82, 2.24) is 10.2 Å². The van der Waals surface area contributed by atoms with E-state index in [-0.39, 0.29) is 24.4 Å². The number of nitrogens with zero attached hydrogens (tertiary/aromatic N) is 1. The third-order valence-corrected chi connectivity index (χ3v) is 7.29. The first-order chi connectivity index (χ1) is 15.9. The number of aliphatic carboxylic acids is 1. The Morgan fingerprint density at radius 1 is 1.18 bits per heavy atom. The van der Waals surface area contributed by atoms with Crippen molar-refractivity contribution in [3.8, 4) is 5.75 Å². The molecule has 0 radical (unpaired) electrons. The third kappa shape index (κ3) is 4.76. The smallest absolute Gasteiger partial charge is 0.309 e. The van der Waals surface area contributed by atoms with Gasteiger partial charge >= 0.3 is 5.97 Å². The van der Waals surface area contributed by atoms with Crippen molar-refractivity contribution >= 4 is 11.9 Å². The molecule has 2 aromatic rings. The van der Waals surface area contributed by atoms with Crippen molar-refractivity contribution in [2.24, 2.45) is 5.92 Å². The average molecular weight is 451 g/mol. The summed E-state index contributed by atoms with van der Waals surface area (Å²) in [4.78, 5) is 27.6. The zero-order valence-corrected chi connectivity index (χ0v) is 19.7. The van der Waals surface area contributed by atoms with E-state index in [2.05, 4.69) is 28.4 Å². The van der Waals surface area contributed by atoms with Gasteiger partial charge in [-0.3, -0.25) is 14.5 Å². The van der Waals surface area contributed by atoms with Gasteiger partial charge in [-0.25, -0.2) is 0 Å². The molecular formula is C27H34N2O4. The van der Waals surface area contributed by atoms with Crippen LogP contribution in [0.1, 0.15) is 60.9 Å². The monoisotopic (exact) mass is 450 g/mol. The van der Waals surface area contributed by atoms with E-state index in [1.54, 1.807) is 7.11 Å². The molecule has 0 bridgehead atoms. The zero-order valence-electron chi connectivity index (χ0n) is 19.7. The number of carboxylic acids is 1. The highest BCUT2D eigenvalue weighted by Crippen LogP contribution is 2.47. The van der Waals surface area contributed by atoms with E-state index in [0.29, 0.717) is 6.54 Å². The number of carbonyl (C=O) groups is 2. The predicted molar refractivity (Wildman–Crippen MR) is 128 cm³/mol. The van der Waals surface area contributed by atoms with Gasteiger partial charge in [0.15, 0.2) is 0 Å². The second-order valence-electron chi connectivity index (χ2n) is 9.33. The molecule has 1 heterocycles. The molecule has 1 amide bonds. The van der Waals surface area contributed by atoms with Crippen molar-refractivity contribution in [3.05, 3.63) is 64.7 Å². The third-order valence-electron chi connectivity index (χ3n) is 7.29. The highest BCUT2D eigenvalue weighted by molar-refractivity contribution is 5.79. The van der Waals surface area contributed by atoms with Crippen LogP contribution in [0.5, 0.6) is 5.75 Å². The zero-order chi connectivity index (χ0) is 23.5. The molecule has 4 atom stereocenters. The summed E-state index contributed by atoms with van der Waals surface area (Å²) < 4.78 is 5.30. The van der Waals surface area contributed by atoms with E-state index in [1.807, 2.05) is 38.1 Å². The van der Waals surface area contributed by atoms with Gasteiger partial charge in [0.2, 0.25) is 5.91 Å². The number of carbonyl (C=O) groups excluding carboxylic acids is 1. The summed E-state index contributed by atoms with van der Waals surface area (Å²) >= 11 is 0. The van der Waals surface area contributed by atoms with E-state index in [0.717, 1.165) is 42.6 Å². The van der Waals surface area contributed by atoms with Crippen LogP contribution in [0.4, 0.5) is 0 Å². The second-order valence-corrected chi connectivity index (χ2v) is 9.33. The van der Waals surface area contributed by atoms with Crippen LogP contribution in [0.3, 0.4) is 0 Å². The van der Waals surface area contributed by atoms with E-state index in [1.165, 1.54) is 11.1 Å². The SMILES string of the molecule is CCC(C)NC(=O)CN1CC(c2cccc3c2CCC3)C(C(=O)O)C1c1ccc(OC)cc1. The minimum atomic E-state index is -0.818. The fourth-order valence-corrected chi connectivity index (χ4v) is 5.51. The molecule has 176 valence electrons. The Labute approximate surface area is 195 Å². The van der Waals surface area contributed by atoms with Crippen molar-refractivity contribution in [2.45, 2.75) is 57.5 Å². The quantitative estimate of drug-likeness (QED) is 0.637. The topological polar surface area (TPSA) is 78.9 Å². The Bertz CT molecular complexity index is 1000. The number of methoxy groups -OCH3 is 1. The number of benzene rings is 2. The summed E-state index contributed by atoms with van der Waals surface area (Å²) in [6.45, 7) is 4.74. The minimum Gasteiger partial charge on any atom is -0.497 e. The lowest BCUT2D eigenvalue weighted by atomic mass is 9.80. The van der Waals surface area contributed by atoms with E-state index >= 15 is 0 Å². The first-order valence-electron chi connectivity index (χ1n) is 11.9. The lowest BCUT2D eigenvalue weighted by molar-refractivity contribution is -0.143. The Morgan fingerprint density at radius 3 is 2.61 bits per heavy atom. The van der Waals surface area contributed by atoms with Gasteiger partial charge in [0.25, 0.3) is 0 Å². The number of nitrogens with one attached hydrogen (secondary N) is 1. The first-order valence-corrected chi connectivity index (χ1v) is 11.9. The summed E-state index contributed by atoms with van der Waals surface area (Å²) in [6.07, 6.45) is 4.01. The van der Waals surface area contributed by atoms with Gasteiger partial charge < -0.3 is 15.2 Å². The van der Waals surface area contributed by atoms with Gasteiger partial charge in [0.1, 0.15) is 5.75 Å². The number of fused-ring (bicyclic) bond motifs is 1. The maximum Gasteiger partial charge on any atom is 0.309 e. The predicted octanol–water partition coefficient (Wildman–Crippen LogP) is 3.94. The number of hydrogen-bond donors (Lipinski definition) is 2. The molecule has 1 aliphatic carbocycles. The summed E-state index contributed by atoms with van der Waals surface area (Å²) in [5.41, 5.74) is 4.69. The number of ether oxygens (including phenoxy) is 1. The van der Waals surface area contributed by atoms with Crippen molar-refractivity contribution in [1.29, 1.82) is 0 Å². The fraction of sp³-hybridized carbons (Fsp3) is 0.481. The summed E-state index contributed by atoms with van der Waals surface area (Å²) in [7, 11) is 1.61. The molecule has 33 heavy (non-hydrogen) atoms. The van der Waals surface area contributed by atoms with Crippen LogP contribution in [0.25, 0.3) is 0 Å². The van der Waals surface area contributed by atoms with Gasteiger partial charge in [-0.1, -0.05) is 37.3 Å². The number of amides is 1. The summed E-state index contributed by atoms with van der Waals surface area (Å²) in [5, 5.41) is 13.4. The van der Waals surface area contributed by atoms with Crippen LogP contribution >= 0.6 is 0 Å². The molecule has 4 rings (SSSR count). The van der Waals surface area contributed by atoms with Crippen LogP contribution in [0.15, 0.2) is 42.5 Å². The van der Waals surface area contributed by atoms with Gasteiger partial charge in [-0.2, -0.15) is 0 Å². The Kier molecular flexibility index (Phi) is 7.03. The Morgan fingerprint density at radius 2 is 1.94 bits per heavy atom. The molecular weight excluding hydrogens is 416 g/mol. The van der Waals surface area contributed by atoms with Gasteiger partial charge in [-0.05, 0) is 67.0 Å². The molecule has 1 fully saturated rings. The summed E-state index contributed by atoms with van der Waals surface area (Å²) in [6, 6.07) is 13.6. The number of likely N-dealkylation sites (tertiary alicyclic amines) is 1.